The summed E-state index contributed by atoms with van der Waals surface area (Å²) in [6, 6.07) is 27.8. The quantitative estimate of drug-likeness (QED) is 0.231. The Kier molecular flexibility index (Phi) is 7.50. The lowest BCUT2D eigenvalue weighted by Gasteiger charge is -2.12. The summed E-state index contributed by atoms with van der Waals surface area (Å²) in [6.45, 7) is 1.88. The fraction of sp³-hybridized carbons (Fsp3) is 0.0357. The topological polar surface area (TPSA) is 83.4 Å². The third-order valence-corrected chi connectivity index (χ3v) is 5.29. The van der Waals surface area contributed by atoms with Crippen LogP contribution in [-0.4, -0.2) is 16.9 Å². The number of nitrogens with one attached hydrogen (secondary N) is 3. The molecule has 2 amide bonds. The van der Waals surface area contributed by atoms with E-state index in [1.807, 2.05) is 67.6 Å². The van der Waals surface area contributed by atoms with Gasteiger partial charge in [0, 0.05) is 28.6 Å². The zero-order valence-electron chi connectivity index (χ0n) is 18.9. The van der Waals surface area contributed by atoms with Gasteiger partial charge in [0.2, 0.25) is 5.91 Å². The molecule has 6 nitrogen and oxygen atoms in total. The van der Waals surface area contributed by atoms with Crippen molar-refractivity contribution in [1.82, 2.24) is 5.32 Å². The Morgan fingerprint density at radius 3 is 2.29 bits per heavy atom. The fourth-order valence-electron chi connectivity index (χ4n) is 3.34. The number of amides is 2. The summed E-state index contributed by atoms with van der Waals surface area (Å²) in [4.78, 5) is 24.6. The molecule has 1 aromatic heterocycles. The summed E-state index contributed by atoms with van der Waals surface area (Å²) in [6.07, 6.45) is 2.94. The van der Waals surface area contributed by atoms with E-state index in [-0.39, 0.29) is 16.9 Å². The van der Waals surface area contributed by atoms with Crippen LogP contribution in [0.1, 0.15) is 21.7 Å². The molecule has 0 aliphatic rings. The second kappa shape index (κ2) is 11.1. The molecule has 0 fully saturated rings. The molecule has 4 rings (SSSR count). The van der Waals surface area contributed by atoms with Crippen molar-refractivity contribution >= 4 is 46.6 Å². The number of anilines is 2. The minimum atomic E-state index is -0.386. The summed E-state index contributed by atoms with van der Waals surface area (Å²) in [5, 5.41) is 8.64. The Bertz CT molecular complexity index is 1380. The highest BCUT2D eigenvalue weighted by molar-refractivity contribution is 7.80. The van der Waals surface area contributed by atoms with Crippen LogP contribution >= 0.6 is 12.2 Å². The van der Waals surface area contributed by atoms with E-state index >= 15 is 0 Å². The molecule has 0 aliphatic heterocycles. The summed E-state index contributed by atoms with van der Waals surface area (Å²) in [7, 11) is 0. The van der Waals surface area contributed by atoms with E-state index in [9.17, 15) is 9.59 Å². The highest BCUT2D eigenvalue weighted by atomic mass is 32.1. The van der Waals surface area contributed by atoms with E-state index in [4.69, 9.17) is 16.6 Å². The molecule has 4 aromatic rings. The average Bonchev–Trinajstić information content (AvgIpc) is 3.34. The third-order valence-electron chi connectivity index (χ3n) is 5.09. The van der Waals surface area contributed by atoms with Crippen LogP contribution in [0.15, 0.2) is 101 Å². The smallest absolute Gasteiger partial charge is 0.255 e. The number of benzene rings is 3. The number of aryl methyl sites for hydroxylation is 1. The summed E-state index contributed by atoms with van der Waals surface area (Å²) in [5.74, 6) is 0.711. The van der Waals surface area contributed by atoms with Gasteiger partial charge in [-0.2, -0.15) is 0 Å². The first-order valence-electron chi connectivity index (χ1n) is 10.9. The molecule has 3 N–H and O–H groups in total. The van der Waals surface area contributed by atoms with Crippen molar-refractivity contribution in [2.45, 2.75) is 6.92 Å². The number of hydrogen-bond donors (Lipinski definition) is 3. The van der Waals surface area contributed by atoms with Gasteiger partial charge in [-0.25, -0.2) is 0 Å². The molecular weight excluding hydrogens is 458 g/mol. The lowest BCUT2D eigenvalue weighted by molar-refractivity contribution is -0.115. The zero-order valence-corrected chi connectivity index (χ0v) is 19.8. The Morgan fingerprint density at radius 1 is 0.857 bits per heavy atom. The average molecular weight is 482 g/mol. The third kappa shape index (κ3) is 6.52. The van der Waals surface area contributed by atoms with Crippen LogP contribution in [0.4, 0.5) is 11.4 Å². The van der Waals surface area contributed by atoms with Crippen molar-refractivity contribution in [3.63, 3.8) is 0 Å². The van der Waals surface area contributed by atoms with Crippen molar-refractivity contribution in [3.8, 4) is 11.3 Å². The molecule has 0 aliphatic carbocycles. The monoisotopic (exact) mass is 481 g/mol. The van der Waals surface area contributed by atoms with Gasteiger partial charge in [0.1, 0.15) is 11.5 Å². The van der Waals surface area contributed by atoms with Gasteiger partial charge in [-0.15, -0.1) is 0 Å². The van der Waals surface area contributed by atoms with E-state index in [2.05, 4.69) is 16.0 Å². The van der Waals surface area contributed by atoms with Crippen LogP contribution in [0.2, 0.25) is 0 Å². The molecule has 0 unspecified atom stereocenters. The molecular formula is C28H23N3O3S. The number of rotatable bonds is 6. The second-order valence-electron chi connectivity index (χ2n) is 7.69. The van der Waals surface area contributed by atoms with Crippen molar-refractivity contribution < 1.29 is 14.0 Å². The second-order valence-corrected chi connectivity index (χ2v) is 8.10. The molecule has 0 radical (unpaired) electrons. The molecule has 7 heteroatoms. The van der Waals surface area contributed by atoms with Crippen LogP contribution in [0.3, 0.4) is 0 Å². The van der Waals surface area contributed by atoms with Gasteiger partial charge < -0.3 is 15.1 Å². The predicted molar refractivity (Wildman–Crippen MR) is 143 cm³/mol. The SMILES string of the molecule is Cc1cc(NC(=S)NC(=O)/C=C/c2ccc(-c3ccccc3)o2)ccc1NC(=O)c1ccccc1. The molecule has 0 saturated carbocycles. The Hall–Kier alpha value is -4.49. The van der Waals surface area contributed by atoms with E-state index in [0.29, 0.717) is 22.7 Å². The summed E-state index contributed by atoms with van der Waals surface area (Å²) < 4.78 is 5.76. The van der Waals surface area contributed by atoms with Gasteiger partial charge >= 0.3 is 0 Å². The number of carbonyl (C=O) groups is 2. The van der Waals surface area contributed by atoms with Gasteiger partial charge in [0.05, 0.1) is 0 Å². The van der Waals surface area contributed by atoms with Crippen molar-refractivity contribution in [3.05, 3.63) is 114 Å². The Morgan fingerprint density at radius 2 is 1.57 bits per heavy atom. The largest absolute Gasteiger partial charge is 0.457 e. The first kappa shape index (κ1) is 23.7. The summed E-state index contributed by atoms with van der Waals surface area (Å²) in [5.41, 5.74) is 3.77. The van der Waals surface area contributed by atoms with Crippen molar-refractivity contribution in [2.75, 3.05) is 10.6 Å². The highest BCUT2D eigenvalue weighted by Gasteiger charge is 2.09. The van der Waals surface area contributed by atoms with Crippen LogP contribution in [0.25, 0.3) is 17.4 Å². The van der Waals surface area contributed by atoms with Crippen LogP contribution in [0, 0.1) is 6.92 Å². The first-order valence-corrected chi connectivity index (χ1v) is 11.3. The number of carbonyl (C=O) groups excluding carboxylic acids is 2. The van der Waals surface area contributed by atoms with Gasteiger partial charge in [-0.1, -0.05) is 48.5 Å². The number of thiocarbonyl (C=S) groups is 1. The zero-order chi connectivity index (χ0) is 24.6. The molecule has 1 heterocycles. The van der Waals surface area contributed by atoms with E-state index in [0.717, 1.165) is 16.9 Å². The van der Waals surface area contributed by atoms with Crippen LogP contribution < -0.4 is 16.0 Å². The fourth-order valence-corrected chi connectivity index (χ4v) is 3.56. The van der Waals surface area contributed by atoms with Crippen molar-refractivity contribution in [2.24, 2.45) is 0 Å². The molecule has 174 valence electrons. The van der Waals surface area contributed by atoms with Crippen molar-refractivity contribution in [1.29, 1.82) is 0 Å². The maximum Gasteiger partial charge on any atom is 0.255 e. The Labute approximate surface area is 208 Å². The number of hydrogen-bond acceptors (Lipinski definition) is 4. The summed E-state index contributed by atoms with van der Waals surface area (Å²) >= 11 is 5.25. The molecule has 0 spiro atoms. The highest BCUT2D eigenvalue weighted by Crippen LogP contribution is 2.22. The minimum Gasteiger partial charge on any atom is -0.457 e. The van der Waals surface area contributed by atoms with Gasteiger partial charge in [-0.05, 0) is 73.2 Å². The van der Waals surface area contributed by atoms with E-state index < -0.39 is 0 Å². The van der Waals surface area contributed by atoms with E-state index in [1.54, 1.807) is 36.4 Å². The maximum absolute atomic E-state index is 12.4. The lowest BCUT2D eigenvalue weighted by atomic mass is 10.1. The van der Waals surface area contributed by atoms with Gasteiger partial charge in [0.25, 0.3) is 5.91 Å². The van der Waals surface area contributed by atoms with Gasteiger partial charge in [0.15, 0.2) is 5.11 Å². The van der Waals surface area contributed by atoms with E-state index in [1.165, 1.54) is 6.08 Å². The molecule has 0 saturated heterocycles. The van der Waals surface area contributed by atoms with Crippen LogP contribution in [-0.2, 0) is 4.79 Å². The molecule has 0 bridgehead atoms. The Balaban J connectivity index is 1.30. The molecule has 0 atom stereocenters. The minimum absolute atomic E-state index is 0.157. The lowest BCUT2D eigenvalue weighted by Crippen LogP contribution is -2.32. The number of furan rings is 1. The molecule has 3 aromatic carbocycles. The predicted octanol–water partition coefficient (Wildman–Crippen LogP) is 6.03. The molecule has 35 heavy (non-hydrogen) atoms. The van der Waals surface area contributed by atoms with Crippen LogP contribution in [0.5, 0.6) is 0 Å². The normalized spacial score (nSPS) is 10.7. The maximum atomic E-state index is 12.4. The standard InChI is InChI=1S/C28H23N3O3S/c1-19-18-22(12-15-24(19)30-27(33)21-10-6-3-7-11-21)29-28(35)31-26(32)17-14-23-13-16-25(34-23)20-8-4-2-5-9-20/h2-18H,1H3,(H,30,33)(H2,29,31,32,35)/b17-14+. The van der Waals surface area contributed by atoms with Gasteiger partial charge in [-0.3, -0.25) is 14.9 Å². The first-order chi connectivity index (χ1) is 17.0.